The topological polar surface area (TPSA) is 69.9 Å². The van der Waals surface area contributed by atoms with E-state index in [9.17, 15) is 9.18 Å². The lowest BCUT2D eigenvalue weighted by atomic mass is 10.2. The maximum absolute atomic E-state index is 13.8. The van der Waals surface area contributed by atoms with Gasteiger partial charge in [0.1, 0.15) is 11.3 Å². The van der Waals surface area contributed by atoms with Gasteiger partial charge in [-0.15, -0.1) is 5.10 Å². The highest BCUT2D eigenvalue weighted by Gasteiger charge is 2.14. The fourth-order valence-electron chi connectivity index (χ4n) is 1.88. The summed E-state index contributed by atoms with van der Waals surface area (Å²) in [6, 6.07) is 7.28. The molecule has 0 N–H and O–H groups in total. The Morgan fingerprint density at radius 2 is 2.14 bits per heavy atom. The summed E-state index contributed by atoms with van der Waals surface area (Å²) < 4.78 is 20.2. The van der Waals surface area contributed by atoms with Gasteiger partial charge in [-0.3, -0.25) is 4.79 Å². The Morgan fingerprint density at radius 1 is 1.33 bits per heavy atom. The van der Waals surface area contributed by atoms with Gasteiger partial charge in [-0.05, 0) is 29.8 Å². The molecule has 0 radical (unpaired) electrons. The standard InChI is InChI=1S/C13H8ClFN4O2/c1-21-11-5-4-10-13(16-11)19(18-17-10)7-2-3-8(12(14)20)9(15)6-7/h2-6H,1H3. The summed E-state index contributed by atoms with van der Waals surface area (Å²) in [6.45, 7) is 0. The van der Waals surface area contributed by atoms with Crippen LogP contribution >= 0.6 is 11.6 Å². The van der Waals surface area contributed by atoms with E-state index in [1.807, 2.05) is 0 Å². The molecule has 0 unspecified atom stereocenters. The molecule has 2 aromatic heterocycles. The molecule has 21 heavy (non-hydrogen) atoms. The van der Waals surface area contributed by atoms with Gasteiger partial charge in [0.15, 0.2) is 5.65 Å². The molecule has 0 saturated carbocycles. The smallest absolute Gasteiger partial charge is 0.255 e. The molecule has 0 fully saturated rings. The molecule has 0 spiro atoms. The Morgan fingerprint density at radius 3 is 2.81 bits per heavy atom. The van der Waals surface area contributed by atoms with Crippen LogP contribution in [-0.2, 0) is 0 Å². The quantitative estimate of drug-likeness (QED) is 0.695. The summed E-state index contributed by atoms with van der Waals surface area (Å²) in [5, 5.41) is 7.00. The van der Waals surface area contributed by atoms with Crippen molar-refractivity contribution in [1.82, 2.24) is 20.0 Å². The van der Waals surface area contributed by atoms with Crippen LogP contribution in [0.3, 0.4) is 0 Å². The molecule has 1 aromatic carbocycles. The minimum atomic E-state index is -0.859. The van der Waals surface area contributed by atoms with E-state index in [4.69, 9.17) is 16.3 Å². The average molecular weight is 307 g/mol. The molecule has 0 bridgehead atoms. The lowest BCUT2D eigenvalue weighted by Crippen LogP contribution is -2.02. The molecular weight excluding hydrogens is 299 g/mol. The fourth-order valence-corrected chi connectivity index (χ4v) is 2.03. The van der Waals surface area contributed by atoms with E-state index in [1.54, 1.807) is 12.1 Å². The zero-order chi connectivity index (χ0) is 15.0. The molecule has 0 aliphatic heterocycles. The highest BCUT2D eigenvalue weighted by Crippen LogP contribution is 2.20. The number of hydrogen-bond donors (Lipinski definition) is 0. The molecule has 0 saturated heterocycles. The van der Waals surface area contributed by atoms with Crippen molar-refractivity contribution in [2.24, 2.45) is 0 Å². The van der Waals surface area contributed by atoms with Crippen LogP contribution in [0.25, 0.3) is 16.9 Å². The Balaban J connectivity index is 2.16. The van der Waals surface area contributed by atoms with E-state index in [2.05, 4.69) is 15.3 Å². The zero-order valence-electron chi connectivity index (χ0n) is 10.7. The largest absolute Gasteiger partial charge is 0.481 e. The maximum Gasteiger partial charge on any atom is 0.255 e. The van der Waals surface area contributed by atoms with Crippen molar-refractivity contribution in [3.8, 4) is 11.6 Å². The Kier molecular flexibility index (Phi) is 3.26. The summed E-state index contributed by atoms with van der Waals surface area (Å²) in [5.74, 6) is -0.349. The number of halogens is 2. The minimum Gasteiger partial charge on any atom is -0.481 e. The van der Waals surface area contributed by atoms with Crippen LogP contribution in [-0.4, -0.2) is 32.3 Å². The van der Waals surface area contributed by atoms with Crippen LogP contribution in [0.5, 0.6) is 5.88 Å². The van der Waals surface area contributed by atoms with Crippen molar-refractivity contribution in [1.29, 1.82) is 0 Å². The summed E-state index contributed by atoms with van der Waals surface area (Å²) in [4.78, 5) is 15.2. The van der Waals surface area contributed by atoms with E-state index in [-0.39, 0.29) is 5.56 Å². The zero-order valence-corrected chi connectivity index (χ0v) is 11.5. The third-order valence-electron chi connectivity index (χ3n) is 2.89. The SMILES string of the molecule is COc1ccc2nnn(-c3ccc(C(=O)Cl)c(F)c3)c2n1. The predicted octanol–water partition coefficient (Wildman–Crippen LogP) is 2.34. The van der Waals surface area contributed by atoms with Gasteiger partial charge in [-0.25, -0.2) is 4.39 Å². The van der Waals surface area contributed by atoms with Crippen LogP contribution in [0.15, 0.2) is 30.3 Å². The number of carbonyl (C=O) groups is 1. The minimum absolute atomic E-state index is 0.199. The Bertz CT molecular complexity index is 849. The van der Waals surface area contributed by atoms with E-state index in [1.165, 1.54) is 23.9 Å². The van der Waals surface area contributed by atoms with Crippen molar-refractivity contribution in [2.75, 3.05) is 7.11 Å². The number of rotatable bonds is 3. The van der Waals surface area contributed by atoms with Crippen LogP contribution in [0.1, 0.15) is 10.4 Å². The van der Waals surface area contributed by atoms with E-state index < -0.39 is 11.1 Å². The van der Waals surface area contributed by atoms with E-state index in [0.717, 1.165) is 6.07 Å². The van der Waals surface area contributed by atoms with Gasteiger partial charge in [0.05, 0.1) is 18.4 Å². The van der Waals surface area contributed by atoms with Crippen LogP contribution in [0.4, 0.5) is 4.39 Å². The first kappa shape index (κ1) is 13.4. The first-order chi connectivity index (χ1) is 10.1. The summed E-state index contributed by atoms with van der Waals surface area (Å²) in [5.41, 5.74) is 1.13. The molecule has 3 aromatic rings. The number of benzene rings is 1. The van der Waals surface area contributed by atoms with Gasteiger partial charge < -0.3 is 4.74 Å². The number of hydrogen-bond acceptors (Lipinski definition) is 5. The molecular formula is C13H8ClFN4O2. The average Bonchev–Trinajstić information content (AvgIpc) is 2.89. The first-order valence-corrected chi connectivity index (χ1v) is 6.24. The maximum atomic E-state index is 13.8. The van der Waals surface area contributed by atoms with Gasteiger partial charge in [0.2, 0.25) is 5.88 Å². The Labute approximate surface area is 123 Å². The third-order valence-corrected chi connectivity index (χ3v) is 3.09. The lowest BCUT2D eigenvalue weighted by molar-refractivity contribution is 0.107. The van der Waals surface area contributed by atoms with Crippen molar-refractivity contribution in [3.05, 3.63) is 41.7 Å². The molecule has 0 aliphatic carbocycles. The third kappa shape index (κ3) is 2.31. The molecule has 3 rings (SSSR count). The molecule has 0 atom stereocenters. The first-order valence-electron chi connectivity index (χ1n) is 5.86. The van der Waals surface area contributed by atoms with Crippen LogP contribution in [0, 0.1) is 5.82 Å². The molecule has 0 amide bonds. The second kappa shape index (κ2) is 5.10. The van der Waals surface area contributed by atoms with Crippen LogP contribution in [0.2, 0.25) is 0 Å². The number of carbonyl (C=O) groups excluding carboxylic acids is 1. The van der Waals surface area contributed by atoms with Gasteiger partial charge >= 0.3 is 0 Å². The second-order valence-corrected chi connectivity index (χ2v) is 4.48. The molecule has 0 aliphatic rings. The van der Waals surface area contributed by atoms with E-state index >= 15 is 0 Å². The van der Waals surface area contributed by atoms with Gasteiger partial charge in [-0.1, -0.05) is 5.21 Å². The van der Waals surface area contributed by atoms with Crippen molar-refractivity contribution >= 4 is 28.0 Å². The second-order valence-electron chi connectivity index (χ2n) is 4.14. The van der Waals surface area contributed by atoms with Crippen molar-refractivity contribution in [3.63, 3.8) is 0 Å². The normalized spacial score (nSPS) is 10.8. The molecule has 2 heterocycles. The van der Waals surface area contributed by atoms with Gasteiger partial charge in [-0.2, -0.15) is 9.67 Å². The summed E-state index contributed by atoms with van der Waals surface area (Å²) in [6.07, 6.45) is 0. The van der Waals surface area contributed by atoms with Crippen molar-refractivity contribution < 1.29 is 13.9 Å². The van der Waals surface area contributed by atoms with Gasteiger partial charge in [0, 0.05) is 12.1 Å². The molecule has 106 valence electrons. The number of pyridine rings is 1. The number of ether oxygens (including phenoxy) is 1. The monoisotopic (exact) mass is 306 g/mol. The fraction of sp³-hybridized carbons (Fsp3) is 0.0769. The van der Waals surface area contributed by atoms with E-state index in [0.29, 0.717) is 22.7 Å². The number of fused-ring (bicyclic) bond motifs is 1. The number of nitrogens with zero attached hydrogens (tertiary/aromatic N) is 4. The predicted molar refractivity (Wildman–Crippen MR) is 73.4 cm³/mol. The van der Waals surface area contributed by atoms with Crippen molar-refractivity contribution in [2.45, 2.75) is 0 Å². The van der Waals surface area contributed by atoms with Crippen LogP contribution < -0.4 is 4.74 Å². The number of aromatic nitrogens is 4. The highest BCUT2D eigenvalue weighted by molar-refractivity contribution is 6.67. The summed E-state index contributed by atoms with van der Waals surface area (Å²) in [7, 11) is 1.49. The summed E-state index contributed by atoms with van der Waals surface area (Å²) >= 11 is 5.28. The number of methoxy groups -OCH3 is 1. The lowest BCUT2D eigenvalue weighted by Gasteiger charge is -2.04. The Hall–Kier alpha value is -2.54. The van der Waals surface area contributed by atoms with Gasteiger partial charge in [0.25, 0.3) is 5.24 Å². The molecule has 6 nitrogen and oxygen atoms in total. The molecule has 8 heteroatoms. The highest BCUT2D eigenvalue weighted by atomic mass is 35.5.